The minimum atomic E-state index is -0.740. The van der Waals surface area contributed by atoms with Gasteiger partial charge in [0.05, 0.1) is 19.9 Å². The second-order valence-electron chi connectivity index (χ2n) is 6.69. The molecule has 0 saturated heterocycles. The lowest BCUT2D eigenvalue weighted by Crippen LogP contribution is -2.31. The fourth-order valence-electron chi connectivity index (χ4n) is 2.58. The van der Waals surface area contributed by atoms with Crippen molar-refractivity contribution in [3.8, 4) is 11.5 Å². The third-order valence-corrected chi connectivity index (χ3v) is 4.23. The summed E-state index contributed by atoms with van der Waals surface area (Å²) >= 11 is 0. The highest BCUT2D eigenvalue weighted by molar-refractivity contribution is 5.84. The van der Waals surface area contributed by atoms with Crippen LogP contribution in [0.25, 0.3) is 0 Å². The highest BCUT2D eigenvalue weighted by Crippen LogP contribution is 2.28. The second kappa shape index (κ2) is 10.6. The van der Waals surface area contributed by atoms with Crippen molar-refractivity contribution < 1.29 is 14.3 Å². The van der Waals surface area contributed by atoms with E-state index in [1.807, 2.05) is 36.2 Å². The van der Waals surface area contributed by atoms with Gasteiger partial charge in [0.15, 0.2) is 11.5 Å². The number of carbonyl (C=O) groups is 1. The number of amides is 1. The lowest BCUT2D eigenvalue weighted by atomic mass is 10.1. The predicted octanol–water partition coefficient (Wildman–Crippen LogP) is 0.916. The van der Waals surface area contributed by atoms with E-state index in [2.05, 4.69) is 26.0 Å². The molecule has 0 fully saturated rings. The van der Waals surface area contributed by atoms with E-state index in [1.165, 1.54) is 11.8 Å². The van der Waals surface area contributed by atoms with Crippen molar-refractivity contribution >= 4 is 17.9 Å². The van der Waals surface area contributed by atoms with E-state index in [1.54, 1.807) is 25.3 Å². The standard InChI is InChI=1S/C21H22N6O5/c1-13-3-5-14(6-4-13)12-32-17-9-15(7-8-16(17)31-2)10-23-25-18(28)11-22-19-20(29)24-21(30)27-26-19/h3-10H,11-12H2,1-2H3,(H,22,26)(H,25,28)(H2,24,27,29,30)/b23-10+. The van der Waals surface area contributed by atoms with E-state index in [0.717, 1.165) is 5.56 Å². The molecule has 0 aliphatic rings. The maximum atomic E-state index is 11.9. The maximum absolute atomic E-state index is 11.9. The van der Waals surface area contributed by atoms with Gasteiger partial charge < -0.3 is 14.8 Å². The maximum Gasteiger partial charge on any atom is 0.342 e. The summed E-state index contributed by atoms with van der Waals surface area (Å²) in [5, 5.41) is 12.0. The van der Waals surface area contributed by atoms with Gasteiger partial charge in [-0.2, -0.15) is 5.10 Å². The van der Waals surface area contributed by atoms with Crippen molar-refractivity contribution in [2.75, 3.05) is 19.0 Å². The highest BCUT2D eigenvalue weighted by Gasteiger charge is 2.07. The molecule has 0 spiro atoms. The lowest BCUT2D eigenvalue weighted by Gasteiger charge is -2.11. The van der Waals surface area contributed by atoms with Gasteiger partial charge in [0.25, 0.3) is 11.5 Å². The van der Waals surface area contributed by atoms with Crippen LogP contribution in [0.15, 0.2) is 57.2 Å². The number of hydrazone groups is 1. The van der Waals surface area contributed by atoms with Crippen LogP contribution < -0.4 is 31.5 Å². The number of aryl methyl sites for hydroxylation is 1. The third kappa shape index (κ3) is 6.29. The van der Waals surface area contributed by atoms with Crippen LogP contribution in [0.5, 0.6) is 11.5 Å². The van der Waals surface area contributed by atoms with Crippen LogP contribution in [0.3, 0.4) is 0 Å². The number of hydrogen-bond donors (Lipinski definition) is 4. The number of nitrogens with one attached hydrogen (secondary N) is 4. The van der Waals surface area contributed by atoms with Crippen LogP contribution in [0, 0.1) is 6.92 Å². The van der Waals surface area contributed by atoms with E-state index >= 15 is 0 Å². The molecule has 0 aliphatic heterocycles. The van der Waals surface area contributed by atoms with Gasteiger partial charge in [-0.15, -0.1) is 5.10 Å². The number of H-pyrrole nitrogens is 2. The van der Waals surface area contributed by atoms with E-state index in [-0.39, 0.29) is 12.4 Å². The molecule has 166 valence electrons. The van der Waals surface area contributed by atoms with Crippen molar-refractivity contribution in [2.45, 2.75) is 13.5 Å². The number of hydrogen-bond acceptors (Lipinski definition) is 8. The van der Waals surface area contributed by atoms with E-state index < -0.39 is 17.2 Å². The number of aromatic nitrogens is 3. The number of anilines is 1. The molecule has 11 heteroatoms. The van der Waals surface area contributed by atoms with Crippen molar-refractivity contribution in [3.05, 3.63) is 80.0 Å². The summed E-state index contributed by atoms with van der Waals surface area (Å²) in [6, 6.07) is 13.3. The fourth-order valence-corrected chi connectivity index (χ4v) is 2.58. The highest BCUT2D eigenvalue weighted by atomic mass is 16.5. The molecule has 0 unspecified atom stereocenters. The smallest absolute Gasteiger partial charge is 0.342 e. The quantitative estimate of drug-likeness (QED) is 0.286. The fraction of sp³-hybridized carbons (Fsp3) is 0.190. The Balaban J connectivity index is 1.56. The molecule has 1 heterocycles. The molecule has 0 bridgehead atoms. The molecule has 0 saturated carbocycles. The molecule has 2 aromatic carbocycles. The first-order chi connectivity index (χ1) is 15.4. The van der Waals surface area contributed by atoms with Crippen molar-refractivity contribution in [2.24, 2.45) is 5.10 Å². The van der Waals surface area contributed by atoms with Gasteiger partial charge in [0.1, 0.15) is 6.61 Å². The average Bonchev–Trinajstić information content (AvgIpc) is 2.78. The van der Waals surface area contributed by atoms with Gasteiger partial charge in [-0.05, 0) is 36.2 Å². The summed E-state index contributed by atoms with van der Waals surface area (Å²) in [6.07, 6.45) is 1.45. The van der Waals surface area contributed by atoms with Gasteiger partial charge in [0, 0.05) is 0 Å². The Bertz CT molecular complexity index is 1220. The molecule has 3 aromatic rings. The minimum Gasteiger partial charge on any atom is -0.493 e. The number of methoxy groups -OCH3 is 1. The molecule has 4 N–H and O–H groups in total. The number of ether oxygens (including phenoxy) is 2. The van der Waals surface area contributed by atoms with Crippen LogP contribution >= 0.6 is 0 Å². The summed E-state index contributed by atoms with van der Waals surface area (Å²) in [4.78, 5) is 36.3. The second-order valence-corrected chi connectivity index (χ2v) is 6.69. The molecular weight excluding hydrogens is 416 g/mol. The molecule has 3 rings (SSSR count). The molecule has 1 aromatic heterocycles. The Hall–Kier alpha value is -4.41. The van der Waals surface area contributed by atoms with E-state index in [4.69, 9.17) is 9.47 Å². The molecule has 0 radical (unpaired) electrons. The first kappa shape index (κ1) is 22.3. The summed E-state index contributed by atoms with van der Waals surface area (Å²) in [6.45, 7) is 2.12. The molecular formula is C21H22N6O5. The monoisotopic (exact) mass is 438 g/mol. The van der Waals surface area contributed by atoms with Crippen LogP contribution in [-0.4, -0.2) is 41.0 Å². The zero-order valence-corrected chi connectivity index (χ0v) is 17.5. The Morgan fingerprint density at radius 3 is 2.66 bits per heavy atom. The topological polar surface area (TPSA) is 151 Å². The number of rotatable bonds is 9. The van der Waals surface area contributed by atoms with Crippen LogP contribution in [0.2, 0.25) is 0 Å². The largest absolute Gasteiger partial charge is 0.493 e. The SMILES string of the molecule is COc1ccc(/C=N/NC(=O)CNc2n[nH]c(=O)[nH]c2=O)cc1OCc1ccc(C)cc1. The first-order valence-corrected chi connectivity index (χ1v) is 9.56. The number of benzene rings is 2. The van der Waals surface area contributed by atoms with Gasteiger partial charge in [-0.3, -0.25) is 14.6 Å². The molecule has 32 heavy (non-hydrogen) atoms. The summed E-state index contributed by atoms with van der Waals surface area (Å²) in [7, 11) is 1.55. The first-order valence-electron chi connectivity index (χ1n) is 9.56. The minimum absolute atomic E-state index is 0.186. The molecule has 11 nitrogen and oxygen atoms in total. The summed E-state index contributed by atoms with van der Waals surface area (Å²) in [5.74, 6) is 0.404. The van der Waals surface area contributed by atoms with Crippen molar-refractivity contribution in [3.63, 3.8) is 0 Å². The Kier molecular flexibility index (Phi) is 7.36. The van der Waals surface area contributed by atoms with Gasteiger partial charge in [-0.1, -0.05) is 29.8 Å². The average molecular weight is 438 g/mol. The zero-order valence-electron chi connectivity index (χ0n) is 17.5. The lowest BCUT2D eigenvalue weighted by molar-refractivity contribution is -0.119. The summed E-state index contributed by atoms with van der Waals surface area (Å²) < 4.78 is 11.2. The van der Waals surface area contributed by atoms with Gasteiger partial charge in [0.2, 0.25) is 5.82 Å². The van der Waals surface area contributed by atoms with Crippen LogP contribution in [0.1, 0.15) is 16.7 Å². The third-order valence-electron chi connectivity index (χ3n) is 4.23. The van der Waals surface area contributed by atoms with Crippen molar-refractivity contribution in [1.82, 2.24) is 20.6 Å². The Morgan fingerprint density at radius 1 is 1.16 bits per heavy atom. The van der Waals surface area contributed by atoms with E-state index in [0.29, 0.717) is 23.7 Å². The number of aromatic amines is 2. The van der Waals surface area contributed by atoms with Gasteiger partial charge >= 0.3 is 5.69 Å². The van der Waals surface area contributed by atoms with Crippen LogP contribution in [-0.2, 0) is 11.4 Å². The molecule has 0 atom stereocenters. The zero-order chi connectivity index (χ0) is 22.9. The van der Waals surface area contributed by atoms with Crippen LogP contribution in [0.4, 0.5) is 5.82 Å². The molecule has 1 amide bonds. The Morgan fingerprint density at radius 2 is 1.94 bits per heavy atom. The normalized spacial score (nSPS) is 10.7. The van der Waals surface area contributed by atoms with E-state index in [9.17, 15) is 14.4 Å². The Labute approximate surface area is 182 Å². The summed E-state index contributed by atoms with van der Waals surface area (Å²) in [5.41, 5.74) is 3.72. The molecule has 0 aliphatic carbocycles. The van der Waals surface area contributed by atoms with Gasteiger partial charge in [-0.25, -0.2) is 15.3 Å². The number of nitrogens with zero attached hydrogens (tertiary/aromatic N) is 2. The van der Waals surface area contributed by atoms with Crippen molar-refractivity contribution in [1.29, 1.82) is 0 Å². The predicted molar refractivity (Wildman–Crippen MR) is 118 cm³/mol. The number of carbonyl (C=O) groups excluding carboxylic acids is 1.